The largest absolute Gasteiger partial charge is 0.463 e. The zero-order chi connectivity index (χ0) is 40.2. The molecule has 0 amide bonds. The molecule has 0 aromatic heterocycles. The molecule has 10 atom stereocenters. The molecule has 2 saturated heterocycles. The van der Waals surface area contributed by atoms with Crippen LogP contribution in [0.4, 0.5) is 0 Å². The Morgan fingerprint density at radius 1 is 0.625 bits per heavy atom. The zero-order valence-electron chi connectivity index (χ0n) is 32.6. The lowest BCUT2D eigenvalue weighted by molar-refractivity contribution is -0.254. The highest BCUT2D eigenvalue weighted by atomic mass is 16.7. The molecule has 0 saturated carbocycles. The monoisotopic (exact) mass is 770 g/mol. The van der Waals surface area contributed by atoms with Crippen LogP contribution in [-0.2, 0) is 70.3 Å². The first-order valence-corrected chi connectivity index (χ1v) is 18.8. The molecule has 0 N–H and O–H groups in total. The number of benzene rings is 3. The van der Waals surface area contributed by atoms with Gasteiger partial charge in [-0.25, -0.2) is 0 Å². The predicted molar refractivity (Wildman–Crippen MR) is 202 cm³/mol. The highest BCUT2D eigenvalue weighted by molar-refractivity contribution is 5.69. The van der Waals surface area contributed by atoms with E-state index in [-0.39, 0.29) is 24.7 Å². The third-order valence-corrected chi connectivity index (χ3v) is 9.59. The van der Waals surface area contributed by atoms with Crippen molar-refractivity contribution in [2.24, 2.45) is 5.92 Å². The van der Waals surface area contributed by atoms with Gasteiger partial charge in [0.1, 0.15) is 31.0 Å². The number of hydrogen-bond acceptors (Lipinski definition) is 12. The summed E-state index contributed by atoms with van der Waals surface area (Å²) in [5.41, 5.74) is 3.14. The number of rotatable bonds is 13. The standard InChI is InChI=1S/C44H50O12/c1-7-36-27(2)39(50-24-33-15-10-8-11-16-33)41(51-25-34-17-12-9-13-18-34)37(55-36)22-21-32-19-14-20-35(23-32)40-43(53-30(5)47)44(54-31(6)48)42(52-29(4)46)38(56-40)26-49-28(3)45/h8-20,23,27,36-44H,7,24-26H2,1-6H3/t27-,36-,37-,38-,39+,40-,41-,42-,43-,44+/m1/s1. The fraction of sp³-hybridized carbons (Fsp3) is 0.455. The zero-order valence-corrected chi connectivity index (χ0v) is 32.6. The van der Waals surface area contributed by atoms with Crippen molar-refractivity contribution in [2.75, 3.05) is 6.61 Å². The second kappa shape index (κ2) is 20.2. The van der Waals surface area contributed by atoms with E-state index in [9.17, 15) is 19.2 Å². The maximum Gasteiger partial charge on any atom is 0.303 e. The molecule has 56 heavy (non-hydrogen) atoms. The smallest absolute Gasteiger partial charge is 0.303 e. The molecule has 2 heterocycles. The van der Waals surface area contributed by atoms with Gasteiger partial charge >= 0.3 is 23.9 Å². The van der Waals surface area contributed by atoms with Gasteiger partial charge in [-0.15, -0.1) is 0 Å². The number of ether oxygens (including phenoxy) is 8. The van der Waals surface area contributed by atoms with Crippen molar-refractivity contribution in [1.29, 1.82) is 0 Å². The lowest BCUT2D eigenvalue weighted by Crippen LogP contribution is -2.59. The van der Waals surface area contributed by atoms with Crippen LogP contribution < -0.4 is 0 Å². The number of carbonyl (C=O) groups is 4. The van der Waals surface area contributed by atoms with Crippen LogP contribution >= 0.6 is 0 Å². The van der Waals surface area contributed by atoms with Gasteiger partial charge in [0.05, 0.1) is 25.4 Å². The summed E-state index contributed by atoms with van der Waals surface area (Å²) in [4.78, 5) is 48.8. The van der Waals surface area contributed by atoms with E-state index in [4.69, 9.17) is 37.9 Å². The number of hydrogen-bond donors (Lipinski definition) is 0. The molecule has 0 unspecified atom stereocenters. The van der Waals surface area contributed by atoms with Crippen molar-refractivity contribution in [3.05, 3.63) is 107 Å². The molecule has 5 rings (SSSR count). The van der Waals surface area contributed by atoms with E-state index in [1.807, 2.05) is 66.7 Å². The topological polar surface area (TPSA) is 142 Å². The summed E-state index contributed by atoms with van der Waals surface area (Å²) < 4.78 is 48.4. The first-order chi connectivity index (χ1) is 26.9. The fourth-order valence-electron chi connectivity index (χ4n) is 7.06. The summed E-state index contributed by atoms with van der Waals surface area (Å²) in [6, 6.07) is 27.0. The highest BCUT2D eigenvalue weighted by Gasteiger charge is 2.52. The van der Waals surface area contributed by atoms with Crippen LogP contribution in [0.5, 0.6) is 0 Å². The summed E-state index contributed by atoms with van der Waals surface area (Å²) >= 11 is 0. The lowest BCUT2D eigenvalue weighted by atomic mass is 9.86. The van der Waals surface area contributed by atoms with Crippen molar-refractivity contribution >= 4 is 23.9 Å². The van der Waals surface area contributed by atoms with Crippen molar-refractivity contribution in [3.63, 3.8) is 0 Å². The molecule has 2 aliphatic rings. The third-order valence-electron chi connectivity index (χ3n) is 9.59. The Hall–Kier alpha value is -5.06. The van der Waals surface area contributed by atoms with Crippen LogP contribution in [0.15, 0.2) is 84.9 Å². The molecule has 3 aromatic rings. The minimum absolute atomic E-state index is 0.00780. The Labute approximate surface area is 328 Å². The lowest BCUT2D eigenvalue weighted by Gasteiger charge is -2.44. The van der Waals surface area contributed by atoms with E-state index < -0.39 is 66.6 Å². The van der Waals surface area contributed by atoms with Gasteiger partial charge in [0.15, 0.2) is 18.3 Å². The summed E-state index contributed by atoms with van der Waals surface area (Å²) in [6.45, 7) is 9.38. The van der Waals surface area contributed by atoms with Gasteiger partial charge < -0.3 is 37.9 Å². The van der Waals surface area contributed by atoms with Gasteiger partial charge in [0, 0.05) is 39.2 Å². The average molecular weight is 771 g/mol. The Morgan fingerprint density at radius 2 is 1.20 bits per heavy atom. The Morgan fingerprint density at radius 3 is 1.77 bits per heavy atom. The number of esters is 4. The second-order valence-electron chi connectivity index (χ2n) is 13.9. The normalized spacial score (nSPS) is 27.2. The average Bonchev–Trinajstić information content (AvgIpc) is 3.17. The summed E-state index contributed by atoms with van der Waals surface area (Å²) in [6.07, 6.45) is -6.87. The van der Waals surface area contributed by atoms with Crippen LogP contribution in [0.3, 0.4) is 0 Å². The molecular weight excluding hydrogens is 720 g/mol. The molecule has 2 fully saturated rings. The molecule has 12 heteroatoms. The second-order valence-corrected chi connectivity index (χ2v) is 13.9. The maximum absolute atomic E-state index is 12.4. The minimum Gasteiger partial charge on any atom is -0.463 e. The molecule has 0 radical (unpaired) electrons. The van der Waals surface area contributed by atoms with Gasteiger partial charge in [-0.3, -0.25) is 19.2 Å². The molecular formula is C44H50O12. The first-order valence-electron chi connectivity index (χ1n) is 18.8. The maximum atomic E-state index is 12.4. The van der Waals surface area contributed by atoms with Crippen LogP contribution in [0.1, 0.15) is 76.3 Å². The molecule has 12 nitrogen and oxygen atoms in total. The minimum atomic E-state index is -1.30. The molecule has 0 bridgehead atoms. The third kappa shape index (κ3) is 11.5. The van der Waals surface area contributed by atoms with Crippen LogP contribution in [0.2, 0.25) is 0 Å². The van der Waals surface area contributed by atoms with E-state index in [1.165, 1.54) is 27.7 Å². The van der Waals surface area contributed by atoms with E-state index in [0.717, 1.165) is 17.5 Å². The van der Waals surface area contributed by atoms with Crippen molar-refractivity contribution in [3.8, 4) is 11.8 Å². The van der Waals surface area contributed by atoms with E-state index in [2.05, 4.69) is 25.7 Å². The van der Waals surface area contributed by atoms with Crippen molar-refractivity contribution < 1.29 is 57.1 Å². The molecule has 0 spiro atoms. The van der Waals surface area contributed by atoms with E-state index in [0.29, 0.717) is 24.3 Å². The van der Waals surface area contributed by atoms with Crippen LogP contribution in [0, 0.1) is 17.8 Å². The Bertz CT molecular complexity index is 1840. The van der Waals surface area contributed by atoms with Gasteiger partial charge in [0.2, 0.25) is 0 Å². The molecule has 3 aromatic carbocycles. The van der Waals surface area contributed by atoms with E-state index >= 15 is 0 Å². The summed E-state index contributed by atoms with van der Waals surface area (Å²) in [7, 11) is 0. The molecule has 298 valence electrons. The first kappa shape index (κ1) is 42.1. The quantitative estimate of drug-likeness (QED) is 0.117. The van der Waals surface area contributed by atoms with Gasteiger partial charge in [0.25, 0.3) is 0 Å². The van der Waals surface area contributed by atoms with Crippen LogP contribution in [0.25, 0.3) is 0 Å². The summed E-state index contributed by atoms with van der Waals surface area (Å²) in [5.74, 6) is 3.90. The van der Waals surface area contributed by atoms with Gasteiger partial charge in [-0.05, 0) is 35.2 Å². The van der Waals surface area contributed by atoms with E-state index in [1.54, 1.807) is 18.2 Å². The van der Waals surface area contributed by atoms with Crippen molar-refractivity contribution in [1.82, 2.24) is 0 Å². The SMILES string of the molecule is CC[C@H]1O[C@H](C#Cc2cccc([C@H]3O[C@H](COC(C)=O)[C@@H](OC(C)=O)[C@H](OC(C)=O)[C@@H]3OC(C)=O)c2)[C@@H](OCc2ccccc2)[C@@H](OCc2ccccc2)[C@@H]1C. The van der Waals surface area contributed by atoms with Crippen LogP contribution in [-0.4, -0.2) is 79.3 Å². The fourth-order valence-corrected chi connectivity index (χ4v) is 7.06. The summed E-state index contributed by atoms with van der Waals surface area (Å²) in [5, 5.41) is 0. The molecule has 0 aliphatic carbocycles. The number of carbonyl (C=O) groups excluding carboxylic acids is 4. The predicted octanol–water partition coefficient (Wildman–Crippen LogP) is 5.82. The van der Waals surface area contributed by atoms with Gasteiger partial charge in [-0.1, -0.05) is 98.5 Å². The Balaban J connectivity index is 1.49. The Kier molecular flexibility index (Phi) is 15.2. The molecule has 2 aliphatic heterocycles. The van der Waals surface area contributed by atoms with Crippen molar-refractivity contribution in [2.45, 2.75) is 116 Å². The highest BCUT2D eigenvalue weighted by Crippen LogP contribution is 2.38. The van der Waals surface area contributed by atoms with Gasteiger partial charge in [-0.2, -0.15) is 0 Å².